The molecule has 2 N–H and O–H groups in total. The predicted octanol–water partition coefficient (Wildman–Crippen LogP) is 1.58. The lowest BCUT2D eigenvalue weighted by molar-refractivity contribution is 0.0997. The maximum absolute atomic E-state index is 6.28. The van der Waals surface area contributed by atoms with Gasteiger partial charge in [-0.25, -0.2) is 0 Å². The fourth-order valence-electron chi connectivity index (χ4n) is 2.71. The van der Waals surface area contributed by atoms with Gasteiger partial charge in [0.1, 0.15) is 0 Å². The average molecular weight is 261 g/mol. The number of benzene rings is 1. The summed E-state index contributed by atoms with van der Waals surface area (Å²) in [4.78, 5) is 4.94. The molecule has 1 aliphatic heterocycles. The highest BCUT2D eigenvalue weighted by Crippen LogP contribution is 2.09. The second-order valence-electron chi connectivity index (χ2n) is 5.87. The summed E-state index contributed by atoms with van der Waals surface area (Å²) in [5.74, 6) is 0. The van der Waals surface area contributed by atoms with Gasteiger partial charge in [-0.1, -0.05) is 30.3 Å². The molecule has 106 valence electrons. The Bertz CT molecular complexity index is 366. The summed E-state index contributed by atoms with van der Waals surface area (Å²) >= 11 is 0. The molecule has 2 rings (SSSR count). The van der Waals surface area contributed by atoms with Crippen LogP contribution in [0.4, 0.5) is 0 Å². The van der Waals surface area contributed by atoms with Gasteiger partial charge in [0.15, 0.2) is 0 Å². The van der Waals surface area contributed by atoms with Crippen LogP contribution < -0.4 is 5.73 Å². The molecule has 19 heavy (non-hydrogen) atoms. The summed E-state index contributed by atoms with van der Waals surface area (Å²) in [6.45, 7) is 6.79. The number of nitrogens with two attached hydrogens (primary N) is 1. The first-order valence-corrected chi connectivity index (χ1v) is 7.37. The van der Waals surface area contributed by atoms with Crippen molar-refractivity contribution in [2.45, 2.75) is 31.8 Å². The first kappa shape index (κ1) is 14.5. The summed E-state index contributed by atoms with van der Waals surface area (Å²) in [6.07, 6.45) is 2.16. The summed E-state index contributed by atoms with van der Waals surface area (Å²) in [5, 5.41) is 0. The highest BCUT2D eigenvalue weighted by molar-refractivity contribution is 5.14. The Hall–Kier alpha value is -0.900. The van der Waals surface area contributed by atoms with Crippen LogP contribution in [-0.4, -0.2) is 55.1 Å². The zero-order valence-electron chi connectivity index (χ0n) is 12.3. The van der Waals surface area contributed by atoms with Crippen LogP contribution in [0.5, 0.6) is 0 Å². The molecule has 0 amide bonds. The third-order valence-corrected chi connectivity index (χ3v) is 4.18. The summed E-state index contributed by atoms with van der Waals surface area (Å²) in [5.41, 5.74) is 7.67. The van der Waals surface area contributed by atoms with Crippen molar-refractivity contribution in [3.05, 3.63) is 35.9 Å². The van der Waals surface area contributed by atoms with Gasteiger partial charge in [-0.2, -0.15) is 0 Å². The Balaban J connectivity index is 1.71. The molecule has 1 fully saturated rings. The van der Waals surface area contributed by atoms with E-state index in [9.17, 15) is 0 Å². The van der Waals surface area contributed by atoms with Crippen molar-refractivity contribution in [3.8, 4) is 0 Å². The Kier molecular flexibility index (Phi) is 5.37. The molecular weight excluding hydrogens is 234 g/mol. The predicted molar refractivity (Wildman–Crippen MR) is 81.3 cm³/mol. The van der Waals surface area contributed by atoms with E-state index in [1.54, 1.807) is 0 Å². The van der Waals surface area contributed by atoms with E-state index in [4.69, 9.17) is 5.73 Å². The van der Waals surface area contributed by atoms with Crippen LogP contribution in [0.25, 0.3) is 0 Å². The fraction of sp³-hybridized carbons (Fsp3) is 0.625. The Morgan fingerprint density at radius 2 is 2.00 bits per heavy atom. The standard InChI is InChI=1S/C16H27N3/c1-14-12-19(11-10-18(14)2)13-16(17)9-8-15-6-4-3-5-7-15/h3-7,14,16H,8-13,17H2,1-2H3. The first-order chi connectivity index (χ1) is 9.15. The van der Waals surface area contributed by atoms with E-state index in [2.05, 4.69) is 54.1 Å². The minimum absolute atomic E-state index is 0.288. The molecule has 0 radical (unpaired) electrons. The zero-order chi connectivity index (χ0) is 13.7. The van der Waals surface area contributed by atoms with Crippen molar-refractivity contribution in [1.29, 1.82) is 0 Å². The summed E-state index contributed by atoms with van der Waals surface area (Å²) in [6, 6.07) is 11.6. The Labute approximate surface area is 117 Å². The maximum atomic E-state index is 6.28. The van der Waals surface area contributed by atoms with Crippen LogP contribution in [0, 0.1) is 0 Å². The van der Waals surface area contributed by atoms with E-state index in [0.717, 1.165) is 39.0 Å². The van der Waals surface area contributed by atoms with E-state index in [0.29, 0.717) is 6.04 Å². The number of aryl methyl sites for hydroxylation is 1. The van der Waals surface area contributed by atoms with E-state index in [1.807, 2.05) is 0 Å². The maximum Gasteiger partial charge on any atom is 0.0192 e. The average Bonchev–Trinajstić information content (AvgIpc) is 2.42. The molecule has 0 saturated carbocycles. The number of hydrogen-bond donors (Lipinski definition) is 1. The molecule has 2 atom stereocenters. The molecular formula is C16H27N3. The van der Waals surface area contributed by atoms with Crippen molar-refractivity contribution >= 4 is 0 Å². The van der Waals surface area contributed by atoms with E-state index in [-0.39, 0.29) is 6.04 Å². The second kappa shape index (κ2) is 7.04. The minimum Gasteiger partial charge on any atom is -0.327 e. The lowest BCUT2D eigenvalue weighted by Crippen LogP contribution is -2.52. The molecule has 1 aromatic rings. The van der Waals surface area contributed by atoms with Crippen molar-refractivity contribution in [2.75, 3.05) is 33.2 Å². The van der Waals surface area contributed by atoms with Gasteiger partial charge in [0.2, 0.25) is 0 Å². The van der Waals surface area contributed by atoms with Crippen molar-refractivity contribution in [1.82, 2.24) is 9.80 Å². The molecule has 3 nitrogen and oxygen atoms in total. The van der Waals surface area contributed by atoms with Crippen LogP contribution >= 0.6 is 0 Å². The van der Waals surface area contributed by atoms with E-state index >= 15 is 0 Å². The zero-order valence-corrected chi connectivity index (χ0v) is 12.3. The van der Waals surface area contributed by atoms with Crippen LogP contribution in [0.1, 0.15) is 18.9 Å². The minimum atomic E-state index is 0.288. The highest BCUT2D eigenvalue weighted by atomic mass is 15.3. The number of likely N-dealkylation sites (N-methyl/N-ethyl adjacent to an activating group) is 1. The van der Waals surface area contributed by atoms with E-state index in [1.165, 1.54) is 5.56 Å². The van der Waals surface area contributed by atoms with Gasteiger partial charge < -0.3 is 10.6 Å². The Morgan fingerprint density at radius 3 is 2.68 bits per heavy atom. The summed E-state index contributed by atoms with van der Waals surface area (Å²) in [7, 11) is 2.21. The van der Waals surface area contributed by atoms with Crippen LogP contribution in [0.2, 0.25) is 0 Å². The number of rotatable bonds is 5. The number of hydrogen-bond acceptors (Lipinski definition) is 3. The molecule has 3 heteroatoms. The topological polar surface area (TPSA) is 32.5 Å². The van der Waals surface area contributed by atoms with Crippen LogP contribution in [0.15, 0.2) is 30.3 Å². The molecule has 0 bridgehead atoms. The van der Waals surface area contributed by atoms with Crippen molar-refractivity contribution in [2.24, 2.45) is 5.73 Å². The van der Waals surface area contributed by atoms with Gasteiger partial charge in [-0.05, 0) is 32.4 Å². The van der Waals surface area contributed by atoms with Crippen molar-refractivity contribution in [3.63, 3.8) is 0 Å². The molecule has 1 aliphatic rings. The number of nitrogens with zero attached hydrogens (tertiary/aromatic N) is 2. The molecule has 0 spiro atoms. The van der Waals surface area contributed by atoms with Gasteiger partial charge in [-0.3, -0.25) is 4.90 Å². The third kappa shape index (κ3) is 4.60. The van der Waals surface area contributed by atoms with Crippen LogP contribution in [-0.2, 0) is 6.42 Å². The fourth-order valence-corrected chi connectivity index (χ4v) is 2.71. The van der Waals surface area contributed by atoms with Crippen molar-refractivity contribution < 1.29 is 0 Å². The molecule has 1 saturated heterocycles. The SMILES string of the molecule is CC1CN(CC(N)CCc2ccccc2)CCN1C. The molecule has 2 unspecified atom stereocenters. The molecule has 1 heterocycles. The Morgan fingerprint density at radius 1 is 1.26 bits per heavy atom. The second-order valence-corrected chi connectivity index (χ2v) is 5.87. The lowest BCUT2D eigenvalue weighted by Gasteiger charge is -2.38. The smallest absolute Gasteiger partial charge is 0.0192 e. The number of piperazine rings is 1. The van der Waals surface area contributed by atoms with Crippen LogP contribution in [0.3, 0.4) is 0 Å². The normalized spacial score (nSPS) is 23.4. The molecule has 0 aromatic heterocycles. The van der Waals surface area contributed by atoms with Gasteiger partial charge in [0, 0.05) is 38.3 Å². The monoisotopic (exact) mass is 261 g/mol. The third-order valence-electron chi connectivity index (χ3n) is 4.18. The summed E-state index contributed by atoms with van der Waals surface area (Å²) < 4.78 is 0. The van der Waals surface area contributed by atoms with Gasteiger partial charge in [0.25, 0.3) is 0 Å². The van der Waals surface area contributed by atoms with Gasteiger partial charge in [0.05, 0.1) is 0 Å². The lowest BCUT2D eigenvalue weighted by atomic mass is 10.0. The largest absolute Gasteiger partial charge is 0.327 e. The molecule has 0 aliphatic carbocycles. The highest BCUT2D eigenvalue weighted by Gasteiger charge is 2.21. The molecule has 1 aromatic carbocycles. The van der Waals surface area contributed by atoms with Gasteiger partial charge >= 0.3 is 0 Å². The first-order valence-electron chi connectivity index (χ1n) is 7.37. The van der Waals surface area contributed by atoms with Gasteiger partial charge in [-0.15, -0.1) is 0 Å². The quantitative estimate of drug-likeness (QED) is 0.873. The van der Waals surface area contributed by atoms with E-state index < -0.39 is 0 Å².